The molecule has 0 heterocycles. The van der Waals surface area contributed by atoms with Gasteiger partial charge < -0.3 is 25.2 Å². The number of esters is 2. The molecule has 0 aromatic rings. The monoisotopic (exact) mass is 842 g/mol. The highest BCUT2D eigenvalue weighted by atomic mass is 31.2. The molecule has 0 saturated carbocycles. The Kier molecular flexibility index (Phi) is 41.9. The van der Waals surface area contributed by atoms with E-state index >= 15 is 0 Å². The Morgan fingerprint density at radius 3 is 1.59 bits per heavy atom. The topological polar surface area (TPSA) is 155 Å². The molecular weight excluding hydrogens is 753 g/mol. The van der Waals surface area contributed by atoms with Gasteiger partial charge in [0.05, 0.1) is 19.3 Å². The van der Waals surface area contributed by atoms with Gasteiger partial charge in [-0.1, -0.05) is 204 Å². The van der Waals surface area contributed by atoms with Crippen LogP contribution in [-0.2, 0) is 32.7 Å². The van der Waals surface area contributed by atoms with Gasteiger partial charge in [-0.3, -0.25) is 18.6 Å². The predicted octanol–water partition coefficient (Wildman–Crippen LogP) is 12.7. The van der Waals surface area contributed by atoms with Crippen LogP contribution in [0.1, 0.15) is 213 Å². The van der Waals surface area contributed by atoms with Gasteiger partial charge in [-0.2, -0.15) is 0 Å². The zero-order valence-corrected chi connectivity index (χ0v) is 38.0. The number of allylic oxidation sites excluding steroid dienone is 5. The molecule has 3 atom stereocenters. The summed E-state index contributed by atoms with van der Waals surface area (Å²) in [6, 6.07) is 0. The number of ether oxygens (including phenoxy) is 2. The maximum absolute atomic E-state index is 12.6. The van der Waals surface area contributed by atoms with Crippen molar-refractivity contribution in [1.82, 2.24) is 0 Å². The third-order valence-electron chi connectivity index (χ3n) is 10.1. The molecule has 0 radical (unpaired) electrons. The highest BCUT2D eigenvalue weighted by Gasteiger charge is 2.26. The fourth-order valence-corrected chi connectivity index (χ4v) is 7.41. The van der Waals surface area contributed by atoms with Crippen LogP contribution in [0.3, 0.4) is 0 Å². The molecule has 0 saturated heterocycles. The second-order valence-corrected chi connectivity index (χ2v) is 17.3. The predicted molar refractivity (Wildman–Crippen MR) is 240 cm³/mol. The van der Waals surface area contributed by atoms with Crippen molar-refractivity contribution in [1.29, 1.82) is 0 Å². The van der Waals surface area contributed by atoms with E-state index in [1.807, 2.05) is 18.2 Å². The van der Waals surface area contributed by atoms with Crippen LogP contribution in [0.15, 0.2) is 36.5 Å². The molecule has 11 heteroatoms. The van der Waals surface area contributed by atoms with Crippen molar-refractivity contribution in [2.24, 2.45) is 5.73 Å². The number of nitrogens with two attached hydrogens (primary N) is 1. The fraction of sp³-hybridized carbons (Fsp3) is 0.830. The number of hydrogen-bond acceptors (Lipinski definition) is 9. The molecule has 4 N–H and O–H groups in total. The van der Waals surface area contributed by atoms with Gasteiger partial charge in [0, 0.05) is 19.4 Å². The molecule has 10 nitrogen and oxygen atoms in total. The minimum Gasteiger partial charge on any atom is -0.462 e. The number of rotatable bonds is 44. The second kappa shape index (κ2) is 43.3. The van der Waals surface area contributed by atoms with E-state index in [0.29, 0.717) is 19.3 Å². The number of hydrogen-bond donors (Lipinski definition) is 3. The van der Waals surface area contributed by atoms with E-state index in [1.54, 1.807) is 0 Å². The first kappa shape index (κ1) is 56.2. The zero-order chi connectivity index (χ0) is 42.6. The van der Waals surface area contributed by atoms with Crippen molar-refractivity contribution in [3.8, 4) is 0 Å². The Morgan fingerprint density at radius 1 is 0.603 bits per heavy atom. The van der Waals surface area contributed by atoms with Gasteiger partial charge in [-0.05, 0) is 32.1 Å². The number of aliphatic hydroxyl groups is 1. The molecule has 0 aliphatic rings. The Hall–Kier alpha value is -1.81. The number of aliphatic hydroxyl groups excluding tert-OH is 1. The lowest BCUT2D eigenvalue weighted by atomic mass is 10.0. The van der Waals surface area contributed by atoms with Gasteiger partial charge in [0.1, 0.15) is 6.61 Å². The van der Waals surface area contributed by atoms with Crippen LogP contribution in [-0.4, -0.2) is 60.5 Å². The average molecular weight is 842 g/mol. The molecule has 0 fully saturated rings. The summed E-state index contributed by atoms with van der Waals surface area (Å²) >= 11 is 0. The third-order valence-corrected chi connectivity index (χ3v) is 11.1. The third kappa shape index (κ3) is 42.3. The quantitative estimate of drug-likeness (QED) is 0.0177. The van der Waals surface area contributed by atoms with Crippen molar-refractivity contribution >= 4 is 19.8 Å². The van der Waals surface area contributed by atoms with E-state index in [9.17, 15) is 24.2 Å². The molecule has 2 unspecified atom stereocenters. The van der Waals surface area contributed by atoms with E-state index in [1.165, 1.54) is 109 Å². The largest absolute Gasteiger partial charge is 0.472 e. The number of phosphoric acid groups is 1. The second-order valence-electron chi connectivity index (χ2n) is 15.8. The van der Waals surface area contributed by atoms with E-state index in [2.05, 4.69) is 32.1 Å². The van der Waals surface area contributed by atoms with E-state index in [-0.39, 0.29) is 32.6 Å². The van der Waals surface area contributed by atoms with Crippen molar-refractivity contribution in [3.63, 3.8) is 0 Å². The molecular formula is C47H88NO9P. The van der Waals surface area contributed by atoms with E-state index < -0.39 is 38.6 Å². The molecule has 340 valence electrons. The van der Waals surface area contributed by atoms with Crippen LogP contribution < -0.4 is 5.73 Å². The summed E-state index contributed by atoms with van der Waals surface area (Å²) in [6.07, 6.45) is 44.9. The maximum atomic E-state index is 12.6. The van der Waals surface area contributed by atoms with Gasteiger partial charge >= 0.3 is 19.8 Å². The van der Waals surface area contributed by atoms with Gasteiger partial charge in [-0.25, -0.2) is 4.57 Å². The van der Waals surface area contributed by atoms with Crippen molar-refractivity contribution in [3.05, 3.63) is 36.5 Å². The van der Waals surface area contributed by atoms with Crippen LogP contribution >= 0.6 is 7.82 Å². The molecule has 0 aromatic heterocycles. The van der Waals surface area contributed by atoms with Gasteiger partial charge in [0.25, 0.3) is 0 Å². The number of phosphoric ester groups is 1. The number of carbonyl (C=O) groups is 2. The molecule has 0 bridgehead atoms. The molecule has 0 rings (SSSR count). The minimum atomic E-state index is -4.40. The first-order chi connectivity index (χ1) is 28.2. The summed E-state index contributed by atoms with van der Waals surface area (Å²) in [7, 11) is -4.40. The number of carbonyl (C=O) groups excluding carboxylic acids is 2. The van der Waals surface area contributed by atoms with Crippen LogP contribution in [0.5, 0.6) is 0 Å². The van der Waals surface area contributed by atoms with Crippen molar-refractivity contribution < 1.29 is 42.7 Å². The summed E-state index contributed by atoms with van der Waals surface area (Å²) in [6.45, 7) is 3.52. The molecule has 0 spiro atoms. The molecule has 0 aromatic carbocycles. The molecule has 0 aliphatic heterocycles. The smallest absolute Gasteiger partial charge is 0.462 e. The van der Waals surface area contributed by atoms with Gasteiger partial charge in [0.15, 0.2) is 6.10 Å². The first-order valence-corrected chi connectivity index (χ1v) is 25.1. The normalized spacial score (nSPS) is 14.1. The maximum Gasteiger partial charge on any atom is 0.472 e. The highest BCUT2D eigenvalue weighted by Crippen LogP contribution is 2.43. The van der Waals surface area contributed by atoms with Crippen molar-refractivity contribution in [2.45, 2.75) is 225 Å². The molecule has 0 amide bonds. The van der Waals surface area contributed by atoms with Gasteiger partial charge in [-0.15, -0.1) is 0 Å². The van der Waals surface area contributed by atoms with Gasteiger partial charge in [0.2, 0.25) is 0 Å². The molecule has 58 heavy (non-hydrogen) atoms. The first-order valence-electron chi connectivity index (χ1n) is 23.6. The summed E-state index contributed by atoms with van der Waals surface area (Å²) < 4.78 is 32.8. The Bertz CT molecular complexity index is 1070. The van der Waals surface area contributed by atoms with Crippen LogP contribution in [0.25, 0.3) is 0 Å². The summed E-state index contributed by atoms with van der Waals surface area (Å²) in [4.78, 5) is 34.9. The molecule has 0 aliphatic carbocycles. The standard InChI is InChI=1S/C47H88NO9P/c1-3-5-7-9-11-12-13-14-15-16-17-18-19-20-21-22-23-24-26-30-35-39-47(51)57-45(43-56-58(52,53)55-41-40-48)42-54-46(50)38-34-31-27-29-33-37-44(49)36-32-28-25-10-8-6-4-2/h6,8,25,28,32,36,44-45,49H,3-5,7,9-24,26-27,29-31,33-35,37-43,48H2,1-2H3,(H,52,53)/b8-6+,28-25+,36-32+/t44?,45-/m1/s1. The van der Waals surface area contributed by atoms with Crippen LogP contribution in [0.2, 0.25) is 0 Å². The lowest BCUT2D eigenvalue weighted by Gasteiger charge is -2.19. The summed E-state index contributed by atoms with van der Waals surface area (Å²) in [5.74, 6) is -0.897. The highest BCUT2D eigenvalue weighted by molar-refractivity contribution is 7.47. The Morgan fingerprint density at radius 2 is 1.09 bits per heavy atom. The van der Waals surface area contributed by atoms with E-state index in [0.717, 1.165) is 57.8 Å². The van der Waals surface area contributed by atoms with E-state index in [4.69, 9.17) is 24.3 Å². The fourth-order valence-electron chi connectivity index (χ4n) is 6.64. The Labute approximate surface area is 355 Å². The van der Waals surface area contributed by atoms with Crippen molar-refractivity contribution in [2.75, 3.05) is 26.4 Å². The van der Waals surface area contributed by atoms with Crippen LogP contribution in [0, 0.1) is 0 Å². The summed E-state index contributed by atoms with van der Waals surface area (Å²) in [5, 5.41) is 10.1. The SMILES string of the molecule is CC/C=C/C/C=C/C=C/C(O)CCCCCCCC(=O)OC[C@H](COP(=O)(O)OCCN)OC(=O)CCCCCCCCCCCCCCCCCCCCCCC. The lowest BCUT2D eigenvalue weighted by molar-refractivity contribution is -0.161. The lowest BCUT2D eigenvalue weighted by Crippen LogP contribution is -2.29. The summed E-state index contributed by atoms with van der Waals surface area (Å²) in [5.41, 5.74) is 5.35. The zero-order valence-electron chi connectivity index (χ0n) is 37.1. The Balaban J connectivity index is 4.12. The van der Waals surface area contributed by atoms with Crippen LogP contribution in [0.4, 0.5) is 0 Å². The number of unbranched alkanes of at least 4 members (excludes halogenated alkanes) is 24. The average Bonchev–Trinajstić information content (AvgIpc) is 3.21. The minimum absolute atomic E-state index is 0.0399.